The number of aliphatic hydroxyl groups excluding tert-OH is 1. The number of benzene rings is 1. The molecule has 0 amide bonds. The van der Waals surface area contributed by atoms with Crippen LogP contribution in [0.25, 0.3) is 28.0 Å². The molecular formula is C27H33ClN6O. The van der Waals surface area contributed by atoms with Gasteiger partial charge in [0.25, 0.3) is 0 Å². The minimum absolute atomic E-state index is 0.0814. The summed E-state index contributed by atoms with van der Waals surface area (Å²) in [5.74, 6) is 1.18. The van der Waals surface area contributed by atoms with Crippen LogP contribution in [0.15, 0.2) is 54.7 Å². The molecule has 0 fully saturated rings. The van der Waals surface area contributed by atoms with Gasteiger partial charge in [-0.2, -0.15) is 5.10 Å². The van der Waals surface area contributed by atoms with Crippen LogP contribution in [-0.4, -0.2) is 37.3 Å². The molecule has 0 aliphatic heterocycles. The Morgan fingerprint density at radius 2 is 1.94 bits per heavy atom. The molecule has 0 radical (unpaired) electrons. The Hall–Kier alpha value is -3.00. The molecule has 4 N–H and O–H groups in total. The molecule has 0 saturated carbocycles. The second-order valence-corrected chi connectivity index (χ2v) is 9.92. The van der Waals surface area contributed by atoms with Crippen molar-refractivity contribution in [3.05, 3.63) is 66.1 Å². The molecule has 35 heavy (non-hydrogen) atoms. The van der Waals surface area contributed by atoms with E-state index in [1.54, 1.807) is 10.7 Å². The molecule has 0 aliphatic carbocycles. The van der Waals surface area contributed by atoms with Crippen LogP contribution >= 0.6 is 11.6 Å². The number of alkyl halides is 1. The first-order valence-corrected chi connectivity index (χ1v) is 12.5. The van der Waals surface area contributed by atoms with Gasteiger partial charge >= 0.3 is 0 Å². The average Bonchev–Trinajstić information content (AvgIpc) is 3.32. The number of fused-ring (bicyclic) bond motifs is 1. The molecule has 3 heterocycles. The average molecular weight is 493 g/mol. The summed E-state index contributed by atoms with van der Waals surface area (Å²) in [6, 6.07) is 15.6. The zero-order valence-electron chi connectivity index (χ0n) is 20.5. The number of halogens is 1. The first kappa shape index (κ1) is 25.1. The Bertz CT molecular complexity index is 1300. The lowest BCUT2D eigenvalue weighted by atomic mass is 9.96. The Morgan fingerprint density at radius 1 is 1.14 bits per heavy atom. The molecule has 3 aromatic heterocycles. The summed E-state index contributed by atoms with van der Waals surface area (Å²) in [6.07, 6.45) is 3.72. The van der Waals surface area contributed by atoms with E-state index < -0.39 is 0 Å². The lowest BCUT2D eigenvalue weighted by Crippen LogP contribution is -2.24. The number of hydrogen-bond acceptors (Lipinski definition) is 6. The molecule has 8 heteroatoms. The van der Waals surface area contributed by atoms with Crippen LogP contribution < -0.4 is 11.1 Å². The first-order valence-electron chi connectivity index (χ1n) is 12.0. The maximum Gasteiger partial charge on any atom is 0.154 e. The van der Waals surface area contributed by atoms with Gasteiger partial charge in [-0.3, -0.25) is 4.98 Å². The molecule has 0 aliphatic rings. The third-order valence-electron chi connectivity index (χ3n) is 6.02. The molecular weight excluding hydrogens is 460 g/mol. The highest BCUT2D eigenvalue weighted by molar-refractivity contribution is 6.18. The van der Waals surface area contributed by atoms with Crippen molar-refractivity contribution in [3.8, 4) is 17.1 Å². The number of pyridine rings is 2. The normalized spacial score (nSPS) is 12.7. The lowest BCUT2D eigenvalue weighted by Gasteiger charge is -2.23. The third kappa shape index (κ3) is 5.64. The third-order valence-corrected chi connectivity index (χ3v) is 6.75. The van der Waals surface area contributed by atoms with Crippen molar-refractivity contribution in [3.63, 3.8) is 0 Å². The summed E-state index contributed by atoms with van der Waals surface area (Å²) < 4.78 is 1.79. The standard InChI is InChI=1S/C27H33ClN6O/c1-4-7-21(29)23-10-6-9-22(33-23)18-12-24(30-17-27(2,3)16-28)20-14-31-34(25(20)13-18)26-11-5-8-19(15-35)32-26/h5-6,8-14,21,30,35H,4,7,15-17,29H2,1-3H3. The molecule has 184 valence electrons. The van der Waals surface area contributed by atoms with Crippen molar-refractivity contribution in [2.45, 2.75) is 46.3 Å². The van der Waals surface area contributed by atoms with Crippen LogP contribution in [-0.2, 0) is 6.61 Å². The fraction of sp³-hybridized carbons (Fsp3) is 0.370. The van der Waals surface area contributed by atoms with E-state index in [-0.39, 0.29) is 18.1 Å². The first-order chi connectivity index (χ1) is 16.8. The van der Waals surface area contributed by atoms with Crippen LogP contribution in [0.2, 0.25) is 0 Å². The molecule has 0 spiro atoms. The fourth-order valence-corrected chi connectivity index (χ4v) is 4.03. The second kappa shape index (κ2) is 10.7. The van der Waals surface area contributed by atoms with Gasteiger partial charge in [0.2, 0.25) is 0 Å². The minimum atomic E-state index is -0.132. The number of hydrogen-bond donors (Lipinski definition) is 3. The van der Waals surface area contributed by atoms with Crippen molar-refractivity contribution in [1.82, 2.24) is 19.7 Å². The molecule has 1 aromatic carbocycles. The number of aliphatic hydroxyl groups is 1. The Balaban J connectivity index is 1.85. The summed E-state index contributed by atoms with van der Waals surface area (Å²) in [6.45, 7) is 6.95. The van der Waals surface area contributed by atoms with Gasteiger partial charge in [0.15, 0.2) is 5.82 Å². The highest BCUT2D eigenvalue weighted by Gasteiger charge is 2.19. The number of nitrogens with one attached hydrogen (secondary N) is 1. The van der Waals surface area contributed by atoms with Crippen molar-refractivity contribution in [2.24, 2.45) is 11.1 Å². The zero-order valence-corrected chi connectivity index (χ0v) is 21.3. The summed E-state index contributed by atoms with van der Waals surface area (Å²) >= 11 is 6.18. The maximum absolute atomic E-state index is 9.56. The Labute approximate surface area is 211 Å². The highest BCUT2D eigenvalue weighted by Crippen LogP contribution is 2.33. The molecule has 1 unspecified atom stereocenters. The van der Waals surface area contributed by atoms with Gasteiger partial charge in [0.1, 0.15) is 0 Å². The van der Waals surface area contributed by atoms with Crippen molar-refractivity contribution < 1.29 is 5.11 Å². The summed E-state index contributed by atoms with van der Waals surface area (Å²) in [7, 11) is 0. The van der Waals surface area contributed by atoms with E-state index in [1.165, 1.54) is 0 Å². The fourth-order valence-electron chi connectivity index (χ4n) is 3.94. The number of nitrogens with zero attached hydrogens (tertiary/aromatic N) is 4. The SMILES string of the molecule is CCCC(N)c1cccc(-c2cc(NCC(C)(C)CCl)c3cnn(-c4cccc(CO)n4)c3c2)n1. The van der Waals surface area contributed by atoms with E-state index >= 15 is 0 Å². The van der Waals surface area contributed by atoms with E-state index in [4.69, 9.17) is 22.3 Å². The summed E-state index contributed by atoms with van der Waals surface area (Å²) in [4.78, 5) is 9.45. The van der Waals surface area contributed by atoms with Crippen LogP contribution in [0.3, 0.4) is 0 Å². The molecule has 4 rings (SSSR count). The molecule has 1 atom stereocenters. The predicted octanol–water partition coefficient (Wildman–Crippen LogP) is 5.45. The topological polar surface area (TPSA) is 102 Å². The second-order valence-electron chi connectivity index (χ2n) is 9.65. The van der Waals surface area contributed by atoms with Crippen LogP contribution in [0.5, 0.6) is 0 Å². The quantitative estimate of drug-likeness (QED) is 0.254. The minimum Gasteiger partial charge on any atom is -0.390 e. The van der Waals surface area contributed by atoms with Crippen molar-refractivity contribution >= 4 is 28.2 Å². The number of aromatic nitrogens is 4. The Morgan fingerprint density at radius 3 is 2.69 bits per heavy atom. The summed E-state index contributed by atoms with van der Waals surface area (Å²) in [5, 5.41) is 18.7. The van der Waals surface area contributed by atoms with Crippen LogP contribution in [0.4, 0.5) is 5.69 Å². The largest absolute Gasteiger partial charge is 0.390 e. The number of anilines is 1. The van der Waals surface area contributed by atoms with Crippen molar-refractivity contribution in [2.75, 3.05) is 17.7 Å². The molecule has 0 saturated heterocycles. The lowest BCUT2D eigenvalue weighted by molar-refractivity contribution is 0.276. The van der Waals surface area contributed by atoms with Crippen molar-refractivity contribution in [1.29, 1.82) is 0 Å². The monoisotopic (exact) mass is 492 g/mol. The molecule has 4 aromatic rings. The highest BCUT2D eigenvalue weighted by atomic mass is 35.5. The van der Waals surface area contributed by atoms with Gasteiger partial charge in [-0.25, -0.2) is 9.67 Å². The van der Waals surface area contributed by atoms with Gasteiger partial charge in [-0.05, 0) is 48.2 Å². The maximum atomic E-state index is 9.56. The van der Waals surface area contributed by atoms with E-state index in [0.717, 1.165) is 46.4 Å². The predicted molar refractivity (Wildman–Crippen MR) is 143 cm³/mol. The Kier molecular flexibility index (Phi) is 7.69. The van der Waals surface area contributed by atoms with Gasteiger partial charge in [0.05, 0.1) is 35.4 Å². The van der Waals surface area contributed by atoms with Crippen LogP contribution in [0.1, 0.15) is 51.0 Å². The van der Waals surface area contributed by atoms with Gasteiger partial charge in [0, 0.05) is 35.1 Å². The van der Waals surface area contributed by atoms with E-state index in [1.807, 2.05) is 36.5 Å². The van der Waals surface area contributed by atoms with E-state index in [0.29, 0.717) is 23.9 Å². The molecule has 7 nitrogen and oxygen atoms in total. The number of nitrogens with two attached hydrogens (primary N) is 1. The number of rotatable bonds is 10. The van der Waals surface area contributed by atoms with Gasteiger partial charge in [-0.1, -0.05) is 39.3 Å². The summed E-state index contributed by atoms with van der Waals surface area (Å²) in [5.41, 5.74) is 11.4. The van der Waals surface area contributed by atoms with Gasteiger partial charge in [-0.15, -0.1) is 11.6 Å². The van der Waals surface area contributed by atoms with E-state index in [2.05, 4.69) is 48.3 Å². The van der Waals surface area contributed by atoms with E-state index in [9.17, 15) is 5.11 Å². The molecule has 0 bridgehead atoms. The smallest absolute Gasteiger partial charge is 0.154 e. The van der Waals surface area contributed by atoms with Crippen LogP contribution in [0, 0.1) is 5.41 Å². The van der Waals surface area contributed by atoms with Gasteiger partial charge < -0.3 is 16.2 Å². The zero-order chi connectivity index (χ0) is 25.0.